The minimum atomic E-state index is -0.667. The zero-order valence-electron chi connectivity index (χ0n) is 43.2. The minimum absolute atomic E-state index is 0.178. The topological polar surface area (TPSA) is 161 Å². The Balaban J connectivity index is 1.03. The number of ether oxygens (including phenoxy) is 6. The zero-order chi connectivity index (χ0) is 53.2. The van der Waals surface area contributed by atoms with Crippen molar-refractivity contribution in [3.8, 4) is 34.5 Å². The van der Waals surface area contributed by atoms with Crippen molar-refractivity contribution < 1.29 is 57.2 Å². The number of rotatable bonds is 29. The molecule has 0 aromatic heterocycles. The second kappa shape index (κ2) is 30.2. The van der Waals surface area contributed by atoms with Crippen molar-refractivity contribution in [2.75, 3.05) is 19.8 Å². The molecular weight excluding hydrogens is 951 g/mol. The van der Waals surface area contributed by atoms with Gasteiger partial charge in [0.2, 0.25) is 0 Å². The van der Waals surface area contributed by atoms with Gasteiger partial charge in [0.25, 0.3) is 11.8 Å². The van der Waals surface area contributed by atoms with Gasteiger partial charge in [-0.2, -0.15) is 0 Å². The number of amides is 2. The number of hydrogen-bond acceptors (Lipinski definition) is 12. The number of hydrogen-bond donors (Lipinski definition) is 0. The van der Waals surface area contributed by atoms with Crippen LogP contribution in [0.25, 0.3) is 0 Å². The van der Waals surface area contributed by atoms with Crippen molar-refractivity contribution in [3.05, 3.63) is 179 Å². The van der Waals surface area contributed by atoms with Gasteiger partial charge in [0.1, 0.15) is 34.5 Å². The monoisotopic (exact) mass is 1020 g/mol. The molecule has 6 aromatic carbocycles. The first-order valence-electron chi connectivity index (χ1n) is 26.2. The molecule has 392 valence electrons. The molecule has 0 N–H and O–H groups in total. The summed E-state index contributed by atoms with van der Waals surface area (Å²) in [5.41, 5.74) is 1.54. The van der Waals surface area contributed by atoms with Gasteiger partial charge in [0, 0.05) is 17.7 Å². The normalized spacial score (nSPS) is 10.8. The average Bonchev–Trinajstić information content (AvgIpc) is 3.43. The lowest BCUT2D eigenvalue weighted by molar-refractivity contribution is 0.0610. The molecule has 0 aliphatic carbocycles. The first-order valence-corrected chi connectivity index (χ1v) is 26.2. The Morgan fingerprint density at radius 3 is 0.813 bits per heavy atom. The molecule has 0 atom stereocenters. The van der Waals surface area contributed by atoms with Gasteiger partial charge in [0.05, 0.1) is 35.5 Å². The van der Waals surface area contributed by atoms with Crippen molar-refractivity contribution in [2.24, 2.45) is 0 Å². The lowest BCUT2D eigenvalue weighted by Gasteiger charge is -2.21. The SMILES string of the molecule is CCCCCCCCCCCCN(C(=O)c1ccc(OC(=O)c2ccc(OC(=O)c3ccc(OCCCC)cc3)cc2)cc1)C(=O)c1ccc(OC(=O)c2ccc(OC(=O)c3ccc(OCCCC)cc3)cc2)cc1. The largest absolute Gasteiger partial charge is 0.494 e. The number of carbonyl (C=O) groups is 6. The van der Waals surface area contributed by atoms with Crippen molar-refractivity contribution in [1.82, 2.24) is 4.90 Å². The molecule has 0 fully saturated rings. The van der Waals surface area contributed by atoms with E-state index >= 15 is 0 Å². The molecule has 0 bridgehead atoms. The van der Waals surface area contributed by atoms with Crippen LogP contribution in [-0.2, 0) is 0 Å². The second-order valence-electron chi connectivity index (χ2n) is 18.1. The van der Waals surface area contributed by atoms with Crippen molar-refractivity contribution in [3.63, 3.8) is 0 Å². The predicted molar refractivity (Wildman–Crippen MR) is 287 cm³/mol. The standard InChI is InChI=1S/C62H67NO12/c1-4-7-10-11-12-13-14-15-16-17-42-63(57(64)45-18-34-53(35-19-45)72-61(68)49-26-38-55(39-27-49)74-59(66)47-22-30-51(31-23-47)70-43-8-5-2)58(65)46-20-36-54(37-21-46)73-62(69)50-28-40-56(41-29-50)75-60(67)48-24-32-52(33-25-48)71-44-9-6-3/h18-41H,4-17,42-44H2,1-3H3. The van der Waals surface area contributed by atoms with Gasteiger partial charge in [-0.15, -0.1) is 0 Å². The van der Waals surface area contributed by atoms with Crippen LogP contribution in [0.15, 0.2) is 146 Å². The quantitative estimate of drug-likeness (QED) is 0.0189. The summed E-state index contributed by atoms with van der Waals surface area (Å²) in [6, 6.07) is 37.2. The summed E-state index contributed by atoms with van der Waals surface area (Å²) in [6.45, 7) is 7.74. The van der Waals surface area contributed by atoms with E-state index in [-0.39, 0.29) is 51.8 Å². The Kier molecular flexibility index (Phi) is 22.7. The third kappa shape index (κ3) is 18.1. The van der Waals surface area contributed by atoms with Gasteiger partial charge in [-0.25, -0.2) is 19.2 Å². The summed E-state index contributed by atoms with van der Waals surface area (Å²) < 4.78 is 33.5. The number of carbonyl (C=O) groups excluding carboxylic acids is 6. The fraction of sp³-hybridized carbons (Fsp3) is 0.323. The molecule has 0 aliphatic rings. The summed E-state index contributed by atoms with van der Waals surface area (Å²) in [5.74, 6) is -1.32. The fourth-order valence-electron chi connectivity index (χ4n) is 7.72. The van der Waals surface area contributed by atoms with E-state index in [0.29, 0.717) is 42.3 Å². The Hall–Kier alpha value is -8.06. The van der Waals surface area contributed by atoms with Crippen LogP contribution < -0.4 is 28.4 Å². The van der Waals surface area contributed by atoms with Gasteiger partial charge >= 0.3 is 23.9 Å². The highest BCUT2D eigenvalue weighted by Crippen LogP contribution is 2.24. The van der Waals surface area contributed by atoms with Gasteiger partial charge in [-0.1, -0.05) is 91.4 Å². The van der Waals surface area contributed by atoms with Crippen molar-refractivity contribution in [1.29, 1.82) is 0 Å². The molecule has 6 aromatic rings. The summed E-state index contributed by atoms with van der Waals surface area (Å²) in [6.07, 6.45) is 14.7. The first kappa shape index (κ1) is 56.2. The van der Waals surface area contributed by atoms with Crippen LogP contribution >= 0.6 is 0 Å². The molecule has 0 radical (unpaired) electrons. The molecule has 13 heteroatoms. The zero-order valence-corrected chi connectivity index (χ0v) is 43.2. The Morgan fingerprint density at radius 1 is 0.293 bits per heavy atom. The van der Waals surface area contributed by atoms with Gasteiger partial charge in [-0.3, -0.25) is 14.5 Å². The van der Waals surface area contributed by atoms with Crippen molar-refractivity contribution >= 4 is 35.7 Å². The molecule has 0 unspecified atom stereocenters. The lowest BCUT2D eigenvalue weighted by Crippen LogP contribution is -2.37. The van der Waals surface area contributed by atoms with Crippen molar-refractivity contribution in [2.45, 2.75) is 111 Å². The summed E-state index contributed by atoms with van der Waals surface area (Å²) in [5, 5.41) is 0. The number of benzene rings is 6. The molecule has 0 saturated heterocycles. The molecule has 6 rings (SSSR count). The van der Waals surface area contributed by atoms with Crippen LogP contribution in [0.2, 0.25) is 0 Å². The van der Waals surface area contributed by atoms with Gasteiger partial charge in [0.15, 0.2) is 0 Å². The number of unbranched alkanes of at least 4 members (excludes halogenated alkanes) is 11. The van der Waals surface area contributed by atoms with Crippen LogP contribution in [0.1, 0.15) is 173 Å². The van der Waals surface area contributed by atoms with E-state index in [2.05, 4.69) is 20.8 Å². The molecule has 13 nitrogen and oxygen atoms in total. The maximum absolute atomic E-state index is 14.1. The summed E-state index contributed by atoms with van der Waals surface area (Å²) in [4.78, 5) is 81.1. The Bertz CT molecular complexity index is 2570. The number of nitrogens with zero attached hydrogens (tertiary/aromatic N) is 1. The van der Waals surface area contributed by atoms with E-state index in [4.69, 9.17) is 28.4 Å². The highest BCUT2D eigenvalue weighted by atomic mass is 16.5. The maximum atomic E-state index is 14.1. The molecule has 0 saturated carbocycles. The number of imide groups is 1. The van der Waals surface area contributed by atoms with E-state index in [1.165, 1.54) is 134 Å². The van der Waals surface area contributed by atoms with Crippen LogP contribution in [0.3, 0.4) is 0 Å². The van der Waals surface area contributed by atoms with E-state index < -0.39 is 35.7 Å². The predicted octanol–water partition coefficient (Wildman–Crippen LogP) is 14.1. The second-order valence-corrected chi connectivity index (χ2v) is 18.1. The number of esters is 4. The Labute approximate surface area is 440 Å². The summed E-state index contributed by atoms with van der Waals surface area (Å²) in [7, 11) is 0. The molecule has 75 heavy (non-hydrogen) atoms. The van der Waals surface area contributed by atoms with Crippen LogP contribution in [0, 0.1) is 0 Å². The smallest absolute Gasteiger partial charge is 0.343 e. The first-order chi connectivity index (χ1) is 36.5. The van der Waals surface area contributed by atoms with Crippen LogP contribution in [-0.4, -0.2) is 60.4 Å². The van der Waals surface area contributed by atoms with E-state index in [0.717, 1.165) is 51.4 Å². The van der Waals surface area contributed by atoms with Gasteiger partial charge in [-0.05, 0) is 165 Å². The average molecular weight is 1020 g/mol. The highest BCUT2D eigenvalue weighted by molar-refractivity contribution is 6.10. The third-order valence-corrected chi connectivity index (χ3v) is 12.2. The van der Waals surface area contributed by atoms with Crippen LogP contribution in [0.4, 0.5) is 0 Å². The summed E-state index contributed by atoms with van der Waals surface area (Å²) >= 11 is 0. The van der Waals surface area contributed by atoms with E-state index in [1.807, 2.05) is 0 Å². The Morgan fingerprint density at radius 2 is 0.533 bits per heavy atom. The lowest BCUT2D eigenvalue weighted by atomic mass is 10.1. The van der Waals surface area contributed by atoms with Gasteiger partial charge < -0.3 is 28.4 Å². The minimum Gasteiger partial charge on any atom is -0.494 e. The van der Waals surface area contributed by atoms with Crippen LogP contribution in [0.5, 0.6) is 34.5 Å². The molecular formula is C62H67NO12. The third-order valence-electron chi connectivity index (χ3n) is 12.2. The fourth-order valence-corrected chi connectivity index (χ4v) is 7.72. The van der Waals surface area contributed by atoms with E-state index in [1.54, 1.807) is 48.5 Å². The maximum Gasteiger partial charge on any atom is 0.343 e. The molecule has 0 aliphatic heterocycles. The molecule has 0 heterocycles. The molecule has 0 spiro atoms. The highest BCUT2D eigenvalue weighted by Gasteiger charge is 2.25. The van der Waals surface area contributed by atoms with E-state index in [9.17, 15) is 28.8 Å². The molecule has 2 amide bonds.